The highest BCUT2D eigenvalue weighted by Crippen LogP contribution is 2.42. The van der Waals surface area contributed by atoms with Crippen LogP contribution >= 0.6 is 0 Å². The first kappa shape index (κ1) is 22.9. The summed E-state index contributed by atoms with van der Waals surface area (Å²) in [5, 5.41) is 0. The first-order valence-electron chi connectivity index (χ1n) is 11.2. The number of aromatic nitrogens is 2. The van der Waals surface area contributed by atoms with Crippen molar-refractivity contribution in [3.63, 3.8) is 0 Å². The number of hydrogen-bond donors (Lipinski definition) is 0. The zero-order chi connectivity index (χ0) is 23.6. The molecule has 0 unspecified atom stereocenters. The molecule has 2 aromatic heterocycles. The summed E-state index contributed by atoms with van der Waals surface area (Å²) in [6.07, 6.45) is 7.67. The first-order valence-corrected chi connectivity index (χ1v) is 11.2. The average molecular weight is 449 g/mol. The van der Waals surface area contributed by atoms with Gasteiger partial charge >= 0.3 is 0 Å². The summed E-state index contributed by atoms with van der Waals surface area (Å²) in [7, 11) is 3.43. The quantitative estimate of drug-likeness (QED) is 0.281. The van der Waals surface area contributed by atoms with E-state index in [0.29, 0.717) is 0 Å². The van der Waals surface area contributed by atoms with Gasteiger partial charge in [0.15, 0.2) is 0 Å². The van der Waals surface area contributed by atoms with Crippen LogP contribution in [0.25, 0.3) is 22.3 Å². The lowest BCUT2D eigenvalue weighted by molar-refractivity contribution is 0.415. The average Bonchev–Trinajstić information content (AvgIpc) is 3.43. The highest BCUT2D eigenvalue weighted by atomic mass is 16.5. The fourth-order valence-corrected chi connectivity index (χ4v) is 3.98. The Bertz CT molecular complexity index is 1270. The van der Waals surface area contributed by atoms with Gasteiger partial charge in [0.1, 0.15) is 11.5 Å². The summed E-state index contributed by atoms with van der Waals surface area (Å²) in [6, 6.07) is 32.6. The maximum atomic E-state index is 5.70. The van der Waals surface area contributed by atoms with Crippen molar-refractivity contribution in [1.82, 2.24) is 9.55 Å². The maximum absolute atomic E-state index is 5.70. The van der Waals surface area contributed by atoms with Crippen molar-refractivity contribution < 1.29 is 9.47 Å². The van der Waals surface area contributed by atoms with E-state index in [9.17, 15) is 0 Å². The summed E-state index contributed by atoms with van der Waals surface area (Å²) in [5.41, 5.74) is 5.67. The molecule has 0 saturated heterocycles. The highest BCUT2D eigenvalue weighted by Gasteiger charge is 2.18. The monoisotopic (exact) mass is 448 g/mol. The van der Waals surface area contributed by atoms with Gasteiger partial charge in [-0.3, -0.25) is 4.98 Å². The Morgan fingerprint density at radius 1 is 0.588 bits per heavy atom. The van der Waals surface area contributed by atoms with Crippen molar-refractivity contribution in [2.75, 3.05) is 14.2 Å². The second-order valence-electron chi connectivity index (χ2n) is 7.62. The Labute approximate surface area is 201 Å². The number of nitrogens with zero attached hydrogens (tertiary/aromatic N) is 2. The summed E-state index contributed by atoms with van der Waals surface area (Å²) in [6.45, 7) is 0.781. The lowest BCUT2D eigenvalue weighted by atomic mass is 9.89. The molecule has 4 nitrogen and oxygen atoms in total. The number of hydrogen-bond acceptors (Lipinski definition) is 3. The van der Waals surface area contributed by atoms with Gasteiger partial charge in [-0.1, -0.05) is 60.7 Å². The molecule has 0 bridgehead atoms. The van der Waals surface area contributed by atoms with Gasteiger partial charge in [0.2, 0.25) is 0 Å². The van der Waals surface area contributed by atoms with Crippen LogP contribution in [0.5, 0.6) is 11.5 Å². The first-order chi connectivity index (χ1) is 16.8. The number of ether oxygens (including phenoxy) is 2. The summed E-state index contributed by atoms with van der Waals surface area (Å²) < 4.78 is 13.5. The summed E-state index contributed by atoms with van der Waals surface area (Å²) >= 11 is 0. The van der Waals surface area contributed by atoms with Crippen molar-refractivity contribution in [3.05, 3.63) is 127 Å². The predicted molar refractivity (Wildman–Crippen MR) is 138 cm³/mol. The highest BCUT2D eigenvalue weighted by molar-refractivity contribution is 5.90. The maximum Gasteiger partial charge on any atom is 0.126 e. The van der Waals surface area contributed by atoms with E-state index in [4.69, 9.17) is 9.47 Å². The molecule has 0 N–H and O–H groups in total. The number of rotatable bonds is 6. The minimum atomic E-state index is 0.781. The van der Waals surface area contributed by atoms with E-state index in [1.807, 2.05) is 60.7 Å². The van der Waals surface area contributed by atoms with Crippen molar-refractivity contribution in [2.45, 2.75) is 6.54 Å². The minimum absolute atomic E-state index is 0.781. The van der Waals surface area contributed by atoms with E-state index in [0.717, 1.165) is 40.3 Å². The number of methoxy groups -OCH3 is 2. The van der Waals surface area contributed by atoms with E-state index in [2.05, 4.69) is 58.3 Å². The van der Waals surface area contributed by atoms with Crippen LogP contribution in [0.4, 0.5) is 0 Å². The van der Waals surface area contributed by atoms with Crippen molar-refractivity contribution >= 4 is 0 Å². The van der Waals surface area contributed by atoms with Gasteiger partial charge in [0.25, 0.3) is 0 Å². The van der Waals surface area contributed by atoms with Crippen molar-refractivity contribution in [2.24, 2.45) is 0 Å². The topological polar surface area (TPSA) is 36.3 Å². The third-order valence-electron chi connectivity index (χ3n) is 5.51. The fourth-order valence-electron chi connectivity index (χ4n) is 3.98. The second kappa shape index (κ2) is 11.5. The molecule has 0 saturated carbocycles. The smallest absolute Gasteiger partial charge is 0.126 e. The molecule has 5 aromatic rings. The van der Waals surface area contributed by atoms with Crippen LogP contribution in [0.2, 0.25) is 0 Å². The molecule has 0 fully saturated rings. The Morgan fingerprint density at radius 2 is 1.18 bits per heavy atom. The second-order valence-corrected chi connectivity index (χ2v) is 7.62. The SMILES string of the molecule is COc1ccccc1-c1cccc(Cn2cccc2)c1-c1ccccc1OC.c1ccncc1. The van der Waals surface area contributed by atoms with E-state index in [1.165, 1.54) is 5.56 Å². The molecule has 2 heterocycles. The van der Waals surface area contributed by atoms with Gasteiger partial charge in [-0.2, -0.15) is 0 Å². The molecule has 3 aromatic carbocycles. The van der Waals surface area contributed by atoms with Gasteiger partial charge in [-0.15, -0.1) is 0 Å². The molecule has 0 aliphatic heterocycles. The molecule has 0 amide bonds. The molecule has 0 aliphatic carbocycles. The van der Waals surface area contributed by atoms with Crippen LogP contribution in [-0.4, -0.2) is 23.8 Å². The molecule has 34 heavy (non-hydrogen) atoms. The molecule has 0 atom stereocenters. The van der Waals surface area contributed by atoms with Crippen molar-refractivity contribution in [1.29, 1.82) is 0 Å². The molecule has 0 aliphatic rings. The Hall–Kier alpha value is -4.31. The molecule has 4 heteroatoms. The zero-order valence-electron chi connectivity index (χ0n) is 19.5. The summed E-state index contributed by atoms with van der Waals surface area (Å²) in [5.74, 6) is 1.72. The molecular formula is C30H28N2O2. The Balaban J connectivity index is 0.000000398. The predicted octanol–water partition coefficient (Wildman–Crippen LogP) is 6.97. The number of para-hydroxylation sites is 2. The lowest BCUT2D eigenvalue weighted by Crippen LogP contribution is -2.01. The molecule has 0 radical (unpaired) electrons. The van der Waals surface area contributed by atoms with Gasteiger partial charge in [-0.05, 0) is 53.1 Å². The molecular weight excluding hydrogens is 420 g/mol. The van der Waals surface area contributed by atoms with Gasteiger partial charge in [0.05, 0.1) is 14.2 Å². The Kier molecular flexibility index (Phi) is 7.75. The zero-order valence-corrected chi connectivity index (χ0v) is 19.5. The van der Waals surface area contributed by atoms with Gasteiger partial charge < -0.3 is 14.0 Å². The van der Waals surface area contributed by atoms with E-state index in [1.54, 1.807) is 26.6 Å². The van der Waals surface area contributed by atoms with Crippen LogP contribution in [0.3, 0.4) is 0 Å². The molecule has 170 valence electrons. The standard InChI is InChI=1S/C25H23NO2.C5H5N/c1-27-23-14-5-3-11-20(23)21-13-9-10-19(18-26-16-7-8-17-26)25(21)22-12-4-6-15-24(22)28-2;1-2-4-6-5-3-1/h3-17H,18H2,1-2H3;1-5H. The van der Waals surface area contributed by atoms with Gasteiger partial charge in [-0.25, -0.2) is 0 Å². The normalized spacial score (nSPS) is 10.2. The summed E-state index contributed by atoms with van der Waals surface area (Å²) in [4.78, 5) is 3.78. The molecule has 0 spiro atoms. The third-order valence-corrected chi connectivity index (χ3v) is 5.51. The molecule has 5 rings (SSSR count). The van der Waals surface area contributed by atoms with E-state index in [-0.39, 0.29) is 0 Å². The van der Waals surface area contributed by atoms with Crippen LogP contribution < -0.4 is 9.47 Å². The number of pyridine rings is 1. The van der Waals surface area contributed by atoms with Crippen LogP contribution in [0.15, 0.2) is 122 Å². The van der Waals surface area contributed by atoms with Gasteiger partial charge in [0, 0.05) is 42.5 Å². The fraction of sp³-hybridized carbons (Fsp3) is 0.100. The van der Waals surface area contributed by atoms with E-state index >= 15 is 0 Å². The van der Waals surface area contributed by atoms with Crippen LogP contribution in [0.1, 0.15) is 5.56 Å². The van der Waals surface area contributed by atoms with E-state index < -0.39 is 0 Å². The van der Waals surface area contributed by atoms with Crippen molar-refractivity contribution in [3.8, 4) is 33.8 Å². The van der Waals surface area contributed by atoms with Crippen LogP contribution in [0, 0.1) is 0 Å². The van der Waals surface area contributed by atoms with Crippen LogP contribution in [-0.2, 0) is 6.54 Å². The third kappa shape index (κ3) is 5.36. The lowest BCUT2D eigenvalue weighted by Gasteiger charge is -2.19. The largest absolute Gasteiger partial charge is 0.496 e. The number of benzene rings is 3. The Morgan fingerprint density at radius 3 is 1.76 bits per heavy atom. The minimum Gasteiger partial charge on any atom is -0.496 e.